The summed E-state index contributed by atoms with van der Waals surface area (Å²) in [6.07, 6.45) is -3.61. The summed E-state index contributed by atoms with van der Waals surface area (Å²) in [5, 5.41) is 9.10. The first kappa shape index (κ1) is 12.2. The number of carboxylic acid groups (broad SMARTS) is 1. The molecule has 0 aromatic rings. The van der Waals surface area contributed by atoms with Gasteiger partial charge in [-0.3, -0.25) is 9.59 Å². The summed E-state index contributed by atoms with van der Waals surface area (Å²) in [5.74, 6) is -3.14. The lowest BCUT2D eigenvalue weighted by Crippen LogP contribution is -2.52. The van der Waals surface area contributed by atoms with E-state index in [4.69, 9.17) is 5.11 Å². The number of aliphatic carboxylic acids is 1. The second-order valence-electron chi connectivity index (χ2n) is 4.88. The molecule has 4 nitrogen and oxygen atoms in total. The van der Waals surface area contributed by atoms with Gasteiger partial charge in [-0.25, -0.2) is 0 Å². The van der Waals surface area contributed by atoms with Gasteiger partial charge in [-0.2, -0.15) is 13.2 Å². The maximum absolute atomic E-state index is 12.3. The molecule has 17 heavy (non-hydrogen) atoms. The van der Waals surface area contributed by atoms with Gasteiger partial charge < -0.3 is 10.0 Å². The Kier molecular flexibility index (Phi) is 2.59. The highest BCUT2D eigenvalue weighted by Gasteiger charge is 2.54. The van der Waals surface area contributed by atoms with Gasteiger partial charge in [0, 0.05) is 13.1 Å². The first-order valence-electron chi connectivity index (χ1n) is 5.34. The number of carbonyl (C=O) groups is 2. The van der Waals surface area contributed by atoms with E-state index in [9.17, 15) is 22.8 Å². The number of fused-ring (bicyclic) bond motifs is 2. The number of amides is 1. The lowest BCUT2D eigenvalue weighted by molar-refractivity contribution is -0.189. The number of halogens is 3. The number of hydrogen-bond donors (Lipinski definition) is 1. The number of carboxylic acids is 1. The van der Waals surface area contributed by atoms with Gasteiger partial charge in [0.2, 0.25) is 0 Å². The molecule has 7 heteroatoms. The van der Waals surface area contributed by atoms with Crippen LogP contribution in [0.4, 0.5) is 13.2 Å². The summed E-state index contributed by atoms with van der Waals surface area (Å²) in [4.78, 5) is 22.9. The number of alkyl halides is 3. The van der Waals surface area contributed by atoms with E-state index in [1.165, 1.54) is 0 Å². The Bertz CT molecular complexity index is 368. The molecule has 1 heterocycles. The number of nitrogens with zero attached hydrogens (tertiary/aromatic N) is 1. The third kappa shape index (κ3) is 1.98. The summed E-state index contributed by atoms with van der Waals surface area (Å²) in [6.45, 7) is -0.301. The van der Waals surface area contributed by atoms with Crippen molar-refractivity contribution in [3.05, 3.63) is 0 Å². The quantitative estimate of drug-likeness (QED) is 0.763. The topological polar surface area (TPSA) is 57.6 Å². The third-order valence-electron chi connectivity index (χ3n) is 3.67. The van der Waals surface area contributed by atoms with Crippen LogP contribution in [0.5, 0.6) is 0 Å². The van der Waals surface area contributed by atoms with Gasteiger partial charge in [0.05, 0.1) is 5.41 Å². The van der Waals surface area contributed by atoms with Gasteiger partial charge >= 0.3 is 18.1 Å². The van der Waals surface area contributed by atoms with Crippen LogP contribution in [0.2, 0.25) is 0 Å². The van der Waals surface area contributed by atoms with E-state index in [2.05, 4.69) is 0 Å². The highest BCUT2D eigenvalue weighted by Crippen LogP contribution is 2.47. The van der Waals surface area contributed by atoms with Crippen LogP contribution in [0.3, 0.4) is 0 Å². The molecule has 0 aromatic carbocycles. The standard InChI is InChI=1S/C10H12F3NO3/c11-10(12,13)7(15)14-4-6-1-2-9(3-6,5-14)8(16)17/h6H,1-5H2,(H,16,17). The molecule has 2 aliphatic rings. The summed E-state index contributed by atoms with van der Waals surface area (Å²) >= 11 is 0. The minimum absolute atomic E-state index is 0.0212. The maximum Gasteiger partial charge on any atom is 0.471 e. The SMILES string of the molecule is O=C(N1CC2CCC(C(=O)O)(C2)C1)C(F)(F)F. The van der Waals surface area contributed by atoms with Crippen molar-refractivity contribution in [3.8, 4) is 0 Å². The molecule has 2 rings (SSSR count). The van der Waals surface area contributed by atoms with Gasteiger partial charge in [-0.15, -0.1) is 0 Å². The lowest BCUT2D eigenvalue weighted by Gasteiger charge is -2.37. The lowest BCUT2D eigenvalue weighted by atomic mass is 9.82. The highest BCUT2D eigenvalue weighted by atomic mass is 19.4. The molecule has 1 aliphatic carbocycles. The van der Waals surface area contributed by atoms with Crippen LogP contribution < -0.4 is 0 Å². The van der Waals surface area contributed by atoms with Crippen molar-refractivity contribution in [2.45, 2.75) is 25.4 Å². The molecule has 2 fully saturated rings. The highest BCUT2D eigenvalue weighted by molar-refractivity contribution is 5.84. The molecule has 96 valence electrons. The van der Waals surface area contributed by atoms with Crippen LogP contribution in [-0.2, 0) is 9.59 Å². The summed E-state index contributed by atoms with van der Waals surface area (Å²) in [7, 11) is 0. The predicted octanol–water partition coefficient (Wildman–Crippen LogP) is 1.26. The van der Waals surface area contributed by atoms with Crippen LogP contribution in [0, 0.1) is 11.3 Å². The van der Waals surface area contributed by atoms with Crippen molar-refractivity contribution in [1.82, 2.24) is 4.90 Å². The normalized spacial score (nSPS) is 32.6. The number of rotatable bonds is 1. The van der Waals surface area contributed by atoms with E-state index >= 15 is 0 Å². The number of hydrogen-bond acceptors (Lipinski definition) is 2. The van der Waals surface area contributed by atoms with E-state index in [1.807, 2.05) is 0 Å². The second kappa shape index (κ2) is 3.61. The number of piperidine rings is 1. The van der Waals surface area contributed by atoms with E-state index in [1.54, 1.807) is 0 Å². The van der Waals surface area contributed by atoms with Crippen LogP contribution >= 0.6 is 0 Å². The molecular formula is C10H12F3NO3. The number of carbonyl (C=O) groups excluding carboxylic acids is 1. The fraction of sp³-hybridized carbons (Fsp3) is 0.800. The third-order valence-corrected chi connectivity index (χ3v) is 3.67. The van der Waals surface area contributed by atoms with Crippen LogP contribution in [0.25, 0.3) is 0 Å². The Hall–Kier alpha value is -1.27. The summed E-state index contributed by atoms with van der Waals surface area (Å²) in [6, 6.07) is 0. The zero-order chi connectivity index (χ0) is 12.8. The van der Waals surface area contributed by atoms with Crippen molar-refractivity contribution in [1.29, 1.82) is 0 Å². The monoisotopic (exact) mass is 251 g/mol. The minimum atomic E-state index is -4.92. The molecule has 1 amide bonds. The van der Waals surface area contributed by atoms with Crippen LogP contribution in [-0.4, -0.2) is 41.1 Å². The Morgan fingerprint density at radius 3 is 2.53 bits per heavy atom. The average molecular weight is 251 g/mol. The molecule has 0 spiro atoms. The van der Waals surface area contributed by atoms with E-state index in [-0.39, 0.29) is 19.0 Å². The van der Waals surface area contributed by atoms with Gasteiger partial charge in [-0.1, -0.05) is 0 Å². The molecule has 1 saturated carbocycles. The molecular weight excluding hydrogens is 239 g/mol. The summed E-state index contributed by atoms with van der Waals surface area (Å²) < 4.78 is 36.9. The van der Waals surface area contributed by atoms with Crippen molar-refractivity contribution < 1.29 is 27.9 Å². The van der Waals surface area contributed by atoms with E-state index in [0.29, 0.717) is 24.2 Å². The Balaban J connectivity index is 2.19. The largest absolute Gasteiger partial charge is 0.481 e. The fourth-order valence-corrected chi connectivity index (χ4v) is 2.87. The smallest absolute Gasteiger partial charge is 0.471 e. The van der Waals surface area contributed by atoms with Gasteiger partial charge in [0.15, 0.2) is 0 Å². The van der Waals surface area contributed by atoms with Crippen molar-refractivity contribution in [2.75, 3.05) is 13.1 Å². The molecule has 2 unspecified atom stereocenters. The van der Waals surface area contributed by atoms with Crippen LogP contribution in [0.15, 0.2) is 0 Å². The zero-order valence-electron chi connectivity index (χ0n) is 8.96. The van der Waals surface area contributed by atoms with Gasteiger partial charge in [0.25, 0.3) is 0 Å². The van der Waals surface area contributed by atoms with Crippen molar-refractivity contribution >= 4 is 11.9 Å². The maximum atomic E-state index is 12.3. The second-order valence-corrected chi connectivity index (χ2v) is 4.88. The Morgan fingerprint density at radius 1 is 1.35 bits per heavy atom. The first-order chi connectivity index (χ1) is 7.74. The van der Waals surface area contributed by atoms with Gasteiger partial charge in [-0.05, 0) is 25.2 Å². The molecule has 1 aliphatic heterocycles. The molecule has 2 bridgehead atoms. The molecule has 0 radical (unpaired) electrons. The minimum Gasteiger partial charge on any atom is -0.481 e. The summed E-state index contributed by atoms with van der Waals surface area (Å²) in [5.41, 5.74) is -1.16. The zero-order valence-corrected chi connectivity index (χ0v) is 8.96. The Labute approximate surface area is 95.4 Å². The van der Waals surface area contributed by atoms with Gasteiger partial charge in [0.1, 0.15) is 0 Å². The fourth-order valence-electron chi connectivity index (χ4n) is 2.87. The van der Waals surface area contributed by atoms with E-state index < -0.39 is 23.5 Å². The first-order valence-corrected chi connectivity index (χ1v) is 5.34. The Morgan fingerprint density at radius 2 is 2.00 bits per heavy atom. The average Bonchev–Trinajstić information content (AvgIpc) is 2.53. The molecule has 0 aromatic heterocycles. The van der Waals surface area contributed by atoms with Crippen molar-refractivity contribution in [2.24, 2.45) is 11.3 Å². The van der Waals surface area contributed by atoms with Crippen LogP contribution in [0.1, 0.15) is 19.3 Å². The number of likely N-dealkylation sites (tertiary alicyclic amines) is 1. The molecule has 1 saturated heterocycles. The molecule has 1 N–H and O–H groups in total. The predicted molar refractivity (Wildman–Crippen MR) is 50.0 cm³/mol. The van der Waals surface area contributed by atoms with Crippen molar-refractivity contribution in [3.63, 3.8) is 0 Å². The molecule has 2 atom stereocenters. The van der Waals surface area contributed by atoms with E-state index in [0.717, 1.165) is 0 Å².